The summed E-state index contributed by atoms with van der Waals surface area (Å²) in [5.74, 6) is 0.0972. The molecule has 0 atom stereocenters. The molecule has 0 rings (SSSR count). The Balaban J connectivity index is 3.94. The van der Waals surface area contributed by atoms with E-state index >= 15 is 0 Å². The first kappa shape index (κ1) is 26.9. The van der Waals surface area contributed by atoms with Gasteiger partial charge in [0.1, 0.15) is 0 Å². The molecule has 0 amide bonds. The maximum atomic E-state index is 11.3. The van der Waals surface area contributed by atoms with E-state index in [0.29, 0.717) is 11.8 Å². The van der Waals surface area contributed by atoms with Gasteiger partial charge in [-0.2, -0.15) is 0 Å². The van der Waals surface area contributed by atoms with Crippen LogP contribution >= 0.6 is 0 Å². The molecular weight excluding hydrogens is 358 g/mol. The Bertz CT molecular complexity index is 446. The lowest BCUT2D eigenvalue weighted by molar-refractivity contribution is 0.115. The number of unbranched alkanes of at least 4 members (excludes halogenated alkanes) is 2. The van der Waals surface area contributed by atoms with Gasteiger partial charge in [-0.25, -0.2) is 13.6 Å². The van der Waals surface area contributed by atoms with Gasteiger partial charge in [0.15, 0.2) is 0 Å². The third-order valence-corrected chi connectivity index (χ3v) is 7.93. The van der Waals surface area contributed by atoms with Gasteiger partial charge in [-0.15, -0.1) is 0 Å². The first-order chi connectivity index (χ1) is 12.7. The predicted octanol–water partition coefficient (Wildman–Crippen LogP) is 6.05. The van der Waals surface area contributed by atoms with Crippen LogP contribution in [0.25, 0.3) is 0 Å². The molecule has 2 N–H and O–H groups in total. The van der Waals surface area contributed by atoms with Crippen LogP contribution in [0.4, 0.5) is 0 Å². The number of nitrogens with two attached hydrogens (primary N) is 1. The number of sulfonamides is 1. The fourth-order valence-corrected chi connectivity index (χ4v) is 4.95. The van der Waals surface area contributed by atoms with Crippen molar-refractivity contribution >= 4 is 10.0 Å². The van der Waals surface area contributed by atoms with Gasteiger partial charge in [0.2, 0.25) is 10.0 Å². The second kappa shape index (κ2) is 13.9. The van der Waals surface area contributed by atoms with Crippen LogP contribution in [0, 0.1) is 10.8 Å². The summed E-state index contributed by atoms with van der Waals surface area (Å²) in [5, 5.41) is 5.19. The molecule has 0 radical (unpaired) electrons. The summed E-state index contributed by atoms with van der Waals surface area (Å²) in [6.45, 7) is 13.0. The molecule has 0 aromatic rings. The summed E-state index contributed by atoms with van der Waals surface area (Å²) in [7, 11) is -3.37. The topological polar surface area (TPSA) is 69.4 Å². The lowest BCUT2D eigenvalue weighted by Crippen LogP contribution is -2.26. The molecule has 0 spiro atoms. The lowest BCUT2D eigenvalue weighted by Gasteiger charge is -2.31. The number of hydrogen-bond acceptors (Lipinski definition) is 3. The first-order valence-corrected chi connectivity index (χ1v) is 13.0. The molecule has 0 aliphatic rings. The summed E-state index contributed by atoms with van der Waals surface area (Å²) < 4.78 is 28.4. The number of ether oxygens (including phenoxy) is 1. The van der Waals surface area contributed by atoms with Crippen LogP contribution in [-0.2, 0) is 14.8 Å². The minimum atomic E-state index is -3.37. The second-order valence-electron chi connectivity index (χ2n) is 8.41. The third kappa shape index (κ3) is 11.5. The Kier molecular flexibility index (Phi) is 13.9. The van der Waals surface area contributed by atoms with E-state index in [1.54, 1.807) is 0 Å². The zero-order chi connectivity index (χ0) is 20.8. The van der Waals surface area contributed by atoms with Crippen LogP contribution < -0.4 is 5.14 Å². The van der Waals surface area contributed by atoms with E-state index in [0.717, 1.165) is 51.7 Å². The maximum absolute atomic E-state index is 11.3. The standard InChI is InChI=1S/C22H47NO3S/c1-6-21(7-2,8-3)15-11-13-18-26-19-14-12-16-22(9-4,10-5)17-20-27(23,24)25/h6-20H2,1-5H3,(H2,23,24,25). The molecule has 0 bridgehead atoms. The summed E-state index contributed by atoms with van der Waals surface area (Å²) in [6, 6.07) is 0. The zero-order valence-corrected chi connectivity index (χ0v) is 19.6. The van der Waals surface area contributed by atoms with Gasteiger partial charge in [-0.05, 0) is 42.9 Å². The Morgan fingerprint density at radius 2 is 1.07 bits per heavy atom. The van der Waals surface area contributed by atoms with Crippen molar-refractivity contribution in [1.82, 2.24) is 0 Å². The van der Waals surface area contributed by atoms with Gasteiger partial charge < -0.3 is 4.74 Å². The summed E-state index contributed by atoms with van der Waals surface area (Å²) in [6.07, 6.45) is 13.5. The Labute approximate surface area is 170 Å². The molecule has 5 heteroatoms. The largest absolute Gasteiger partial charge is 0.381 e. The fraction of sp³-hybridized carbons (Fsp3) is 1.00. The van der Waals surface area contributed by atoms with Crippen LogP contribution in [0.15, 0.2) is 0 Å². The van der Waals surface area contributed by atoms with Crippen molar-refractivity contribution in [2.45, 2.75) is 112 Å². The van der Waals surface area contributed by atoms with Crippen molar-refractivity contribution in [2.75, 3.05) is 19.0 Å². The van der Waals surface area contributed by atoms with E-state index in [4.69, 9.17) is 9.88 Å². The average molecular weight is 406 g/mol. The van der Waals surface area contributed by atoms with Crippen molar-refractivity contribution in [3.8, 4) is 0 Å². The van der Waals surface area contributed by atoms with E-state index in [2.05, 4.69) is 34.6 Å². The van der Waals surface area contributed by atoms with Crippen LogP contribution in [0.5, 0.6) is 0 Å². The molecule has 164 valence electrons. The molecule has 0 saturated heterocycles. The Morgan fingerprint density at radius 3 is 1.44 bits per heavy atom. The van der Waals surface area contributed by atoms with Crippen molar-refractivity contribution in [1.29, 1.82) is 0 Å². The molecule has 0 unspecified atom stereocenters. The molecule has 27 heavy (non-hydrogen) atoms. The van der Waals surface area contributed by atoms with E-state index < -0.39 is 10.0 Å². The van der Waals surface area contributed by atoms with E-state index in [1.165, 1.54) is 32.1 Å². The van der Waals surface area contributed by atoms with Crippen LogP contribution in [0.2, 0.25) is 0 Å². The summed E-state index contributed by atoms with van der Waals surface area (Å²) in [5.41, 5.74) is 0.650. The molecule has 0 aromatic carbocycles. The second-order valence-corrected chi connectivity index (χ2v) is 10.1. The predicted molar refractivity (Wildman–Crippen MR) is 117 cm³/mol. The van der Waals surface area contributed by atoms with Crippen LogP contribution in [-0.4, -0.2) is 27.4 Å². The highest BCUT2D eigenvalue weighted by molar-refractivity contribution is 7.89. The normalized spacial score (nSPS) is 13.3. The smallest absolute Gasteiger partial charge is 0.209 e. The van der Waals surface area contributed by atoms with Gasteiger partial charge >= 0.3 is 0 Å². The minimum absolute atomic E-state index is 0.0972. The van der Waals surface area contributed by atoms with Gasteiger partial charge in [0.25, 0.3) is 0 Å². The van der Waals surface area contributed by atoms with Gasteiger partial charge in [0.05, 0.1) is 5.75 Å². The number of hydrogen-bond donors (Lipinski definition) is 1. The minimum Gasteiger partial charge on any atom is -0.381 e. The first-order valence-electron chi connectivity index (χ1n) is 11.3. The Hall–Kier alpha value is -0.130. The highest BCUT2D eigenvalue weighted by Crippen LogP contribution is 2.37. The van der Waals surface area contributed by atoms with E-state index in [1.807, 2.05) is 0 Å². The molecule has 0 aliphatic heterocycles. The molecule has 0 heterocycles. The van der Waals surface area contributed by atoms with Crippen molar-refractivity contribution < 1.29 is 13.2 Å². The average Bonchev–Trinajstić information content (AvgIpc) is 2.66. The number of primary sulfonamides is 1. The summed E-state index contributed by atoms with van der Waals surface area (Å²) in [4.78, 5) is 0. The van der Waals surface area contributed by atoms with E-state index in [-0.39, 0.29) is 11.2 Å². The lowest BCUT2D eigenvalue weighted by atomic mass is 9.76. The highest BCUT2D eigenvalue weighted by atomic mass is 32.2. The molecular formula is C22H47NO3S. The van der Waals surface area contributed by atoms with Gasteiger partial charge in [-0.3, -0.25) is 0 Å². The maximum Gasteiger partial charge on any atom is 0.209 e. The third-order valence-electron chi connectivity index (χ3n) is 7.16. The Morgan fingerprint density at radius 1 is 0.667 bits per heavy atom. The fourth-order valence-electron chi connectivity index (χ4n) is 4.23. The molecule has 0 aliphatic carbocycles. The van der Waals surface area contributed by atoms with Crippen molar-refractivity contribution in [3.05, 3.63) is 0 Å². The number of rotatable bonds is 18. The highest BCUT2D eigenvalue weighted by Gasteiger charge is 2.27. The SMILES string of the molecule is CCC(CC)(CC)CCCCOCCCCC(CC)(CC)CCS(N)(=O)=O. The molecule has 0 fully saturated rings. The van der Waals surface area contributed by atoms with Gasteiger partial charge in [0, 0.05) is 13.2 Å². The molecule has 4 nitrogen and oxygen atoms in total. The van der Waals surface area contributed by atoms with Crippen molar-refractivity contribution in [2.24, 2.45) is 16.0 Å². The van der Waals surface area contributed by atoms with Crippen molar-refractivity contribution in [3.63, 3.8) is 0 Å². The van der Waals surface area contributed by atoms with Crippen LogP contribution in [0.1, 0.15) is 112 Å². The molecule has 0 saturated carbocycles. The monoisotopic (exact) mass is 405 g/mol. The summed E-state index contributed by atoms with van der Waals surface area (Å²) >= 11 is 0. The molecule has 0 aromatic heterocycles. The van der Waals surface area contributed by atoms with Gasteiger partial charge in [-0.1, -0.05) is 79.6 Å². The van der Waals surface area contributed by atoms with Crippen LogP contribution in [0.3, 0.4) is 0 Å². The quantitative estimate of drug-likeness (QED) is 0.282. The zero-order valence-electron chi connectivity index (χ0n) is 18.8. The van der Waals surface area contributed by atoms with E-state index in [9.17, 15) is 8.42 Å².